The predicted octanol–water partition coefficient (Wildman–Crippen LogP) is 4.99. The van der Waals surface area contributed by atoms with Crippen LogP contribution in [0.15, 0.2) is 42.5 Å². The third-order valence-electron chi connectivity index (χ3n) is 3.57. The van der Waals surface area contributed by atoms with Gasteiger partial charge in [0, 0.05) is 17.6 Å². The molecule has 2 aromatic rings. The highest BCUT2D eigenvalue weighted by Gasteiger charge is 2.09. The fourth-order valence-corrected chi connectivity index (χ4v) is 2.44. The number of ether oxygens (including phenoxy) is 2. The number of hydrogen-bond acceptors (Lipinski definition) is 3. The Morgan fingerprint density at radius 3 is 2.30 bits per heavy atom. The van der Waals surface area contributed by atoms with Gasteiger partial charge in [0.2, 0.25) is 0 Å². The summed E-state index contributed by atoms with van der Waals surface area (Å²) in [5.41, 5.74) is 2.36. The molecule has 23 heavy (non-hydrogen) atoms. The normalized spacial score (nSPS) is 12.3. The SMILES string of the molecule is COc1cc(CNC(C)c2ccc(Cl)cc2)ccc1OC(C)C. The summed E-state index contributed by atoms with van der Waals surface area (Å²) >= 11 is 5.93. The largest absolute Gasteiger partial charge is 0.493 e. The molecule has 1 unspecified atom stereocenters. The lowest BCUT2D eigenvalue weighted by Crippen LogP contribution is -2.18. The monoisotopic (exact) mass is 333 g/mol. The smallest absolute Gasteiger partial charge is 0.161 e. The quantitative estimate of drug-likeness (QED) is 0.774. The number of hydrogen-bond donors (Lipinski definition) is 1. The fraction of sp³-hybridized carbons (Fsp3) is 0.368. The van der Waals surface area contributed by atoms with Crippen LogP contribution in [-0.2, 0) is 6.54 Å². The molecular weight excluding hydrogens is 310 g/mol. The zero-order valence-electron chi connectivity index (χ0n) is 14.1. The first kappa shape index (κ1) is 17.6. The van der Waals surface area contributed by atoms with Crippen LogP contribution >= 0.6 is 11.6 Å². The first-order valence-electron chi connectivity index (χ1n) is 7.82. The van der Waals surface area contributed by atoms with E-state index in [0.29, 0.717) is 0 Å². The molecule has 2 aromatic carbocycles. The van der Waals surface area contributed by atoms with Crippen LogP contribution in [0.3, 0.4) is 0 Å². The number of benzene rings is 2. The van der Waals surface area contributed by atoms with Gasteiger partial charge in [0.1, 0.15) is 0 Å². The van der Waals surface area contributed by atoms with Crippen molar-refractivity contribution in [2.45, 2.75) is 39.5 Å². The molecule has 0 saturated carbocycles. The maximum absolute atomic E-state index is 5.93. The highest BCUT2D eigenvalue weighted by Crippen LogP contribution is 2.29. The van der Waals surface area contributed by atoms with Crippen LogP contribution in [0.2, 0.25) is 5.02 Å². The van der Waals surface area contributed by atoms with Gasteiger partial charge in [-0.25, -0.2) is 0 Å². The van der Waals surface area contributed by atoms with Crippen molar-refractivity contribution >= 4 is 11.6 Å². The van der Waals surface area contributed by atoms with E-state index in [1.54, 1.807) is 7.11 Å². The second-order valence-electron chi connectivity index (χ2n) is 5.81. The summed E-state index contributed by atoms with van der Waals surface area (Å²) in [5.74, 6) is 1.54. The van der Waals surface area contributed by atoms with E-state index >= 15 is 0 Å². The predicted molar refractivity (Wildman–Crippen MR) is 95.5 cm³/mol. The fourth-order valence-electron chi connectivity index (χ4n) is 2.31. The molecule has 0 aliphatic rings. The molecule has 2 rings (SSSR count). The van der Waals surface area contributed by atoms with Gasteiger partial charge in [-0.3, -0.25) is 0 Å². The van der Waals surface area contributed by atoms with Crippen molar-refractivity contribution in [3.8, 4) is 11.5 Å². The Bertz CT molecular complexity index is 626. The molecule has 0 aromatic heterocycles. The van der Waals surface area contributed by atoms with Gasteiger partial charge < -0.3 is 14.8 Å². The van der Waals surface area contributed by atoms with Crippen molar-refractivity contribution in [1.29, 1.82) is 0 Å². The summed E-state index contributed by atoms with van der Waals surface area (Å²) in [5, 5.41) is 4.26. The second-order valence-corrected chi connectivity index (χ2v) is 6.24. The van der Waals surface area contributed by atoms with E-state index in [-0.39, 0.29) is 12.1 Å². The minimum atomic E-state index is 0.123. The van der Waals surface area contributed by atoms with Crippen molar-refractivity contribution < 1.29 is 9.47 Å². The highest BCUT2D eigenvalue weighted by atomic mass is 35.5. The van der Waals surface area contributed by atoms with Crippen LogP contribution in [0.25, 0.3) is 0 Å². The van der Waals surface area contributed by atoms with Gasteiger partial charge in [0.15, 0.2) is 11.5 Å². The number of methoxy groups -OCH3 is 1. The van der Waals surface area contributed by atoms with E-state index in [1.807, 2.05) is 50.2 Å². The third kappa shape index (κ3) is 5.15. The summed E-state index contributed by atoms with van der Waals surface area (Å²) in [4.78, 5) is 0. The summed E-state index contributed by atoms with van der Waals surface area (Å²) in [6.07, 6.45) is 0.123. The van der Waals surface area contributed by atoms with E-state index in [0.717, 1.165) is 28.6 Å². The molecule has 0 bridgehead atoms. The Hall–Kier alpha value is -1.71. The molecule has 0 aliphatic heterocycles. The number of halogens is 1. The minimum Gasteiger partial charge on any atom is -0.493 e. The molecule has 124 valence electrons. The zero-order chi connectivity index (χ0) is 16.8. The van der Waals surface area contributed by atoms with E-state index in [1.165, 1.54) is 5.56 Å². The second kappa shape index (κ2) is 8.23. The maximum Gasteiger partial charge on any atom is 0.161 e. The van der Waals surface area contributed by atoms with Gasteiger partial charge in [-0.15, -0.1) is 0 Å². The topological polar surface area (TPSA) is 30.5 Å². The Kier molecular flexibility index (Phi) is 6.31. The summed E-state index contributed by atoms with van der Waals surface area (Å²) in [6, 6.07) is 14.2. The van der Waals surface area contributed by atoms with Crippen LogP contribution in [0.1, 0.15) is 37.9 Å². The van der Waals surface area contributed by atoms with Gasteiger partial charge in [0.25, 0.3) is 0 Å². The van der Waals surface area contributed by atoms with E-state index in [4.69, 9.17) is 21.1 Å². The van der Waals surface area contributed by atoms with Gasteiger partial charge in [-0.1, -0.05) is 29.8 Å². The molecule has 0 heterocycles. The van der Waals surface area contributed by atoms with Crippen LogP contribution < -0.4 is 14.8 Å². The number of rotatable bonds is 7. The van der Waals surface area contributed by atoms with Crippen LogP contribution in [0, 0.1) is 0 Å². The lowest BCUT2D eigenvalue weighted by atomic mass is 10.1. The Morgan fingerprint density at radius 1 is 1.00 bits per heavy atom. The molecule has 4 heteroatoms. The molecule has 0 radical (unpaired) electrons. The summed E-state index contributed by atoms with van der Waals surface area (Å²) in [6.45, 7) is 6.89. The maximum atomic E-state index is 5.93. The Labute approximate surface area is 143 Å². The molecule has 0 amide bonds. The molecule has 3 nitrogen and oxygen atoms in total. The van der Waals surface area contributed by atoms with E-state index in [9.17, 15) is 0 Å². The lowest BCUT2D eigenvalue weighted by molar-refractivity contribution is 0.230. The summed E-state index contributed by atoms with van der Waals surface area (Å²) in [7, 11) is 1.66. The molecule has 0 saturated heterocycles. The first-order valence-corrected chi connectivity index (χ1v) is 8.20. The first-order chi connectivity index (χ1) is 11.0. The molecule has 0 spiro atoms. The Morgan fingerprint density at radius 2 is 1.70 bits per heavy atom. The third-order valence-corrected chi connectivity index (χ3v) is 3.83. The molecule has 1 atom stereocenters. The van der Waals surface area contributed by atoms with Crippen molar-refractivity contribution in [1.82, 2.24) is 5.32 Å². The Balaban J connectivity index is 2.01. The number of nitrogens with one attached hydrogen (secondary N) is 1. The average Bonchev–Trinajstić information content (AvgIpc) is 2.53. The zero-order valence-corrected chi connectivity index (χ0v) is 14.9. The van der Waals surface area contributed by atoms with E-state index in [2.05, 4.69) is 18.3 Å². The van der Waals surface area contributed by atoms with E-state index < -0.39 is 0 Å². The van der Waals surface area contributed by atoms with Crippen LogP contribution in [0.5, 0.6) is 11.5 Å². The minimum absolute atomic E-state index is 0.123. The van der Waals surface area contributed by atoms with Crippen molar-refractivity contribution in [3.63, 3.8) is 0 Å². The van der Waals surface area contributed by atoms with Crippen molar-refractivity contribution in [2.24, 2.45) is 0 Å². The van der Waals surface area contributed by atoms with Gasteiger partial charge >= 0.3 is 0 Å². The van der Waals surface area contributed by atoms with Gasteiger partial charge in [-0.05, 0) is 56.2 Å². The van der Waals surface area contributed by atoms with Gasteiger partial charge in [0.05, 0.1) is 13.2 Å². The highest BCUT2D eigenvalue weighted by molar-refractivity contribution is 6.30. The lowest BCUT2D eigenvalue weighted by Gasteiger charge is -2.17. The molecular formula is C19H24ClNO2. The van der Waals surface area contributed by atoms with Crippen molar-refractivity contribution in [3.05, 3.63) is 58.6 Å². The molecule has 1 N–H and O–H groups in total. The van der Waals surface area contributed by atoms with Crippen molar-refractivity contribution in [2.75, 3.05) is 7.11 Å². The van der Waals surface area contributed by atoms with Gasteiger partial charge in [-0.2, -0.15) is 0 Å². The summed E-state index contributed by atoms with van der Waals surface area (Å²) < 4.78 is 11.2. The average molecular weight is 334 g/mol. The standard InChI is InChI=1S/C19H24ClNO2/c1-13(2)23-18-10-5-15(11-19(18)22-4)12-21-14(3)16-6-8-17(20)9-7-16/h5-11,13-14,21H,12H2,1-4H3. The molecule has 0 fully saturated rings. The van der Waals surface area contributed by atoms with Crippen LogP contribution in [0.4, 0.5) is 0 Å². The van der Waals surface area contributed by atoms with Crippen LogP contribution in [-0.4, -0.2) is 13.2 Å². The molecule has 0 aliphatic carbocycles.